The number of ether oxygens (including phenoxy) is 1. The number of para-hydroxylation sites is 1. The molecular weight excluding hydrogens is 373 g/mol. The first-order chi connectivity index (χ1) is 13.3. The topological polar surface area (TPSA) is 49.9 Å². The van der Waals surface area contributed by atoms with Crippen LogP contribution in [0.25, 0.3) is 0 Å². The van der Waals surface area contributed by atoms with Crippen molar-refractivity contribution in [3.8, 4) is 5.75 Å². The molecule has 8 heteroatoms. The van der Waals surface area contributed by atoms with Crippen molar-refractivity contribution in [1.29, 1.82) is 0 Å². The Kier molecular flexibility index (Phi) is 4.28. The van der Waals surface area contributed by atoms with E-state index in [9.17, 15) is 22.8 Å². The van der Waals surface area contributed by atoms with E-state index in [1.807, 2.05) is 12.1 Å². The molecule has 146 valence electrons. The lowest BCUT2D eigenvalue weighted by molar-refractivity contribution is -0.137. The minimum atomic E-state index is -4.53. The van der Waals surface area contributed by atoms with Gasteiger partial charge in [-0.15, -0.1) is 0 Å². The van der Waals surface area contributed by atoms with Crippen molar-refractivity contribution in [3.63, 3.8) is 0 Å². The molecule has 0 radical (unpaired) electrons. The van der Waals surface area contributed by atoms with E-state index in [0.29, 0.717) is 12.1 Å². The summed E-state index contributed by atoms with van der Waals surface area (Å²) in [5.74, 6) is -0.492. The number of alkyl halides is 3. The Morgan fingerprint density at radius 2 is 1.86 bits per heavy atom. The maximum atomic E-state index is 13.3. The summed E-state index contributed by atoms with van der Waals surface area (Å²) in [7, 11) is 0. The molecule has 0 saturated carbocycles. The zero-order valence-electron chi connectivity index (χ0n) is 15.0. The third-order valence-corrected chi connectivity index (χ3v) is 5.02. The van der Waals surface area contributed by atoms with Crippen LogP contribution < -0.4 is 14.5 Å². The van der Waals surface area contributed by atoms with E-state index >= 15 is 0 Å². The van der Waals surface area contributed by atoms with Crippen LogP contribution in [0.5, 0.6) is 5.75 Å². The summed E-state index contributed by atoms with van der Waals surface area (Å²) in [5.41, 5.74) is 0.734. The van der Waals surface area contributed by atoms with Gasteiger partial charge in [-0.05, 0) is 29.8 Å². The highest BCUT2D eigenvalue weighted by atomic mass is 19.4. The Hall–Kier alpha value is -3.03. The number of carbonyl (C=O) groups is 2. The van der Waals surface area contributed by atoms with Gasteiger partial charge in [-0.2, -0.15) is 13.2 Å². The number of halogens is 3. The third kappa shape index (κ3) is 2.98. The summed E-state index contributed by atoms with van der Waals surface area (Å²) in [6.07, 6.45) is -4.21. The molecule has 2 heterocycles. The second kappa shape index (κ2) is 6.54. The number of fused-ring (bicyclic) bond motifs is 2. The second-order valence-electron chi connectivity index (χ2n) is 6.76. The molecule has 0 aliphatic carbocycles. The van der Waals surface area contributed by atoms with E-state index in [1.165, 1.54) is 22.8 Å². The molecule has 1 atom stereocenters. The van der Waals surface area contributed by atoms with Crippen molar-refractivity contribution < 1.29 is 27.5 Å². The Morgan fingerprint density at radius 1 is 1.11 bits per heavy atom. The van der Waals surface area contributed by atoms with Crippen LogP contribution in [0.15, 0.2) is 42.5 Å². The molecule has 2 aliphatic rings. The van der Waals surface area contributed by atoms with Crippen LogP contribution in [0, 0.1) is 0 Å². The molecule has 0 fully saturated rings. The average molecular weight is 390 g/mol. The molecule has 2 aromatic carbocycles. The lowest BCUT2D eigenvalue weighted by atomic mass is 10.1. The van der Waals surface area contributed by atoms with Crippen LogP contribution in [-0.2, 0) is 22.2 Å². The van der Waals surface area contributed by atoms with E-state index in [1.54, 1.807) is 12.1 Å². The minimum Gasteiger partial charge on any atom is -0.490 e. The molecule has 0 unspecified atom stereocenters. The van der Waals surface area contributed by atoms with Crippen molar-refractivity contribution in [1.82, 2.24) is 0 Å². The van der Waals surface area contributed by atoms with Crippen molar-refractivity contribution in [2.75, 3.05) is 23.0 Å². The van der Waals surface area contributed by atoms with Crippen LogP contribution in [0.1, 0.15) is 18.1 Å². The summed E-state index contributed by atoms with van der Waals surface area (Å²) >= 11 is 0. The van der Waals surface area contributed by atoms with Crippen LogP contribution in [0.4, 0.5) is 24.5 Å². The first-order valence-electron chi connectivity index (χ1n) is 8.80. The van der Waals surface area contributed by atoms with Gasteiger partial charge in [0.1, 0.15) is 18.4 Å². The highest BCUT2D eigenvalue weighted by Crippen LogP contribution is 2.40. The third-order valence-electron chi connectivity index (χ3n) is 5.02. The zero-order valence-corrected chi connectivity index (χ0v) is 15.0. The van der Waals surface area contributed by atoms with Gasteiger partial charge in [0, 0.05) is 19.0 Å². The van der Waals surface area contributed by atoms with E-state index < -0.39 is 23.7 Å². The Labute approximate surface area is 159 Å². The lowest BCUT2D eigenvalue weighted by Gasteiger charge is -2.34. The van der Waals surface area contributed by atoms with E-state index in [2.05, 4.69) is 0 Å². The van der Waals surface area contributed by atoms with E-state index in [0.717, 1.165) is 17.7 Å². The molecule has 0 spiro atoms. The van der Waals surface area contributed by atoms with Gasteiger partial charge in [0.25, 0.3) is 5.91 Å². The number of rotatable bonds is 1. The number of amides is 2. The maximum Gasteiger partial charge on any atom is 0.416 e. The monoisotopic (exact) mass is 390 g/mol. The van der Waals surface area contributed by atoms with Crippen LogP contribution >= 0.6 is 0 Å². The summed E-state index contributed by atoms with van der Waals surface area (Å²) in [4.78, 5) is 28.2. The van der Waals surface area contributed by atoms with Crippen molar-refractivity contribution in [2.45, 2.75) is 25.6 Å². The Morgan fingerprint density at radius 3 is 2.57 bits per heavy atom. The molecule has 5 nitrogen and oxygen atoms in total. The molecule has 2 aromatic rings. The average Bonchev–Trinajstić information content (AvgIpc) is 3.05. The Balaban J connectivity index is 1.71. The van der Waals surface area contributed by atoms with Crippen LogP contribution in [0.2, 0.25) is 0 Å². The normalized spacial score (nSPS) is 18.4. The highest BCUT2D eigenvalue weighted by Gasteiger charge is 2.41. The fourth-order valence-electron chi connectivity index (χ4n) is 3.78. The first-order valence-corrected chi connectivity index (χ1v) is 8.80. The van der Waals surface area contributed by atoms with Gasteiger partial charge in [-0.1, -0.05) is 18.2 Å². The number of benzene rings is 2. The van der Waals surface area contributed by atoms with Crippen LogP contribution in [-0.4, -0.2) is 31.0 Å². The van der Waals surface area contributed by atoms with E-state index in [-0.39, 0.29) is 30.5 Å². The summed E-state index contributed by atoms with van der Waals surface area (Å²) in [6.45, 7) is 1.66. The van der Waals surface area contributed by atoms with Gasteiger partial charge < -0.3 is 9.64 Å². The van der Waals surface area contributed by atoms with Crippen molar-refractivity contribution in [2.24, 2.45) is 0 Å². The van der Waals surface area contributed by atoms with E-state index in [4.69, 9.17) is 4.74 Å². The Bertz CT molecular complexity index is 958. The lowest BCUT2D eigenvalue weighted by Crippen LogP contribution is -2.51. The fraction of sp³-hybridized carbons (Fsp3) is 0.300. The fourth-order valence-corrected chi connectivity index (χ4v) is 3.78. The molecule has 2 amide bonds. The van der Waals surface area contributed by atoms with Gasteiger partial charge in [0.05, 0.1) is 17.8 Å². The molecule has 0 bridgehead atoms. The van der Waals surface area contributed by atoms with Crippen LogP contribution in [0.3, 0.4) is 0 Å². The SMILES string of the molecule is CC(=O)N1c2ccccc2C[C@H]1C(=O)N1CCOc2ccc(C(F)(F)F)cc21. The maximum absolute atomic E-state index is 13.3. The second-order valence-corrected chi connectivity index (χ2v) is 6.76. The van der Waals surface area contributed by atoms with Crippen molar-refractivity contribution >= 4 is 23.2 Å². The smallest absolute Gasteiger partial charge is 0.416 e. The molecule has 0 saturated heterocycles. The zero-order chi connectivity index (χ0) is 20.1. The largest absolute Gasteiger partial charge is 0.490 e. The molecule has 0 aromatic heterocycles. The highest BCUT2D eigenvalue weighted by molar-refractivity contribution is 6.08. The first kappa shape index (κ1) is 18.3. The summed E-state index contributed by atoms with van der Waals surface area (Å²) in [5, 5.41) is 0. The van der Waals surface area contributed by atoms with Gasteiger partial charge >= 0.3 is 6.18 Å². The standard InChI is InChI=1S/C20H17F3N2O3/c1-12(26)25-15-5-3-2-4-13(15)10-17(25)19(27)24-8-9-28-18-7-6-14(11-16(18)24)20(21,22)23/h2-7,11,17H,8-10H2,1H3/t17-/m0/s1. The summed E-state index contributed by atoms with van der Waals surface area (Å²) < 4.78 is 44.8. The van der Waals surface area contributed by atoms with Gasteiger partial charge in [0.2, 0.25) is 5.91 Å². The predicted molar refractivity (Wildman–Crippen MR) is 96.4 cm³/mol. The number of hydrogen-bond donors (Lipinski definition) is 0. The molecule has 0 N–H and O–H groups in total. The molecule has 28 heavy (non-hydrogen) atoms. The number of anilines is 2. The molecule has 2 aliphatic heterocycles. The number of carbonyl (C=O) groups excluding carboxylic acids is 2. The summed E-state index contributed by atoms with van der Waals surface area (Å²) in [6, 6.07) is 9.49. The van der Waals surface area contributed by atoms with Crippen molar-refractivity contribution in [3.05, 3.63) is 53.6 Å². The number of nitrogens with zero attached hydrogens (tertiary/aromatic N) is 2. The van der Waals surface area contributed by atoms with Gasteiger partial charge in [-0.25, -0.2) is 0 Å². The molecule has 4 rings (SSSR count). The number of hydrogen-bond acceptors (Lipinski definition) is 3. The minimum absolute atomic E-state index is 0.0746. The van der Waals surface area contributed by atoms with Gasteiger partial charge in [0.15, 0.2) is 0 Å². The quantitative estimate of drug-likeness (QED) is 0.750. The molecular formula is C20H17F3N2O3. The van der Waals surface area contributed by atoms with Gasteiger partial charge in [-0.3, -0.25) is 14.5 Å². The predicted octanol–water partition coefficient (Wildman–Crippen LogP) is 3.41.